The molecular formula is C18H23BN2O5. The van der Waals surface area contributed by atoms with Crippen LogP contribution >= 0.6 is 0 Å². The summed E-state index contributed by atoms with van der Waals surface area (Å²) in [5.74, 6) is -0.405. The summed E-state index contributed by atoms with van der Waals surface area (Å²) in [5.41, 5.74) is 0.848. The molecule has 1 saturated heterocycles. The van der Waals surface area contributed by atoms with Gasteiger partial charge in [0, 0.05) is 6.20 Å². The van der Waals surface area contributed by atoms with Crippen LogP contribution in [0.25, 0.3) is 5.69 Å². The number of hydrogen-bond donors (Lipinski definition) is 0. The van der Waals surface area contributed by atoms with Crippen molar-refractivity contribution in [1.82, 2.24) is 9.55 Å². The van der Waals surface area contributed by atoms with Gasteiger partial charge < -0.3 is 18.8 Å². The van der Waals surface area contributed by atoms with E-state index in [-0.39, 0.29) is 0 Å². The van der Waals surface area contributed by atoms with Crippen LogP contribution in [-0.2, 0) is 14.0 Å². The van der Waals surface area contributed by atoms with Gasteiger partial charge in [-0.3, -0.25) is 4.57 Å². The largest absolute Gasteiger partial charge is 0.516 e. The van der Waals surface area contributed by atoms with E-state index in [1.807, 2.05) is 33.8 Å². The van der Waals surface area contributed by atoms with E-state index in [1.165, 1.54) is 14.2 Å². The van der Waals surface area contributed by atoms with E-state index in [4.69, 9.17) is 18.8 Å². The maximum Gasteiger partial charge on any atom is 0.516 e. The number of hydrogen-bond acceptors (Lipinski definition) is 6. The zero-order chi connectivity index (χ0) is 19.1. The summed E-state index contributed by atoms with van der Waals surface area (Å²) < 4.78 is 24.0. The van der Waals surface area contributed by atoms with Crippen molar-refractivity contribution in [3.63, 3.8) is 0 Å². The highest BCUT2D eigenvalue weighted by Gasteiger charge is 2.52. The molecule has 1 fully saturated rings. The molecule has 3 rings (SSSR count). The molecule has 1 aromatic carbocycles. The smallest absolute Gasteiger partial charge is 0.468 e. The highest BCUT2D eigenvalue weighted by atomic mass is 16.7. The average Bonchev–Trinajstić information content (AvgIpc) is 3.12. The number of ether oxygens (including phenoxy) is 2. The van der Waals surface area contributed by atoms with Crippen LogP contribution in [0.1, 0.15) is 38.1 Å². The SMILES string of the molecule is COC(=O)c1cccc(-n2cc(B3OC(C)(C)C(C)(C)O3)nc2OC)c1. The van der Waals surface area contributed by atoms with Gasteiger partial charge in [0.05, 0.1) is 42.3 Å². The summed E-state index contributed by atoms with van der Waals surface area (Å²) in [6, 6.07) is 7.40. The van der Waals surface area contributed by atoms with Crippen molar-refractivity contribution < 1.29 is 23.6 Å². The molecule has 7 nitrogen and oxygen atoms in total. The zero-order valence-electron chi connectivity index (χ0n) is 15.9. The summed E-state index contributed by atoms with van der Waals surface area (Å²) in [4.78, 5) is 16.3. The third kappa shape index (κ3) is 3.10. The molecule has 2 heterocycles. The van der Waals surface area contributed by atoms with E-state index in [9.17, 15) is 4.79 Å². The summed E-state index contributed by atoms with van der Waals surface area (Å²) in [6.45, 7) is 7.95. The lowest BCUT2D eigenvalue weighted by Gasteiger charge is -2.32. The molecule has 0 atom stereocenters. The predicted molar refractivity (Wildman–Crippen MR) is 97.2 cm³/mol. The second-order valence-electron chi connectivity index (χ2n) is 7.15. The fraction of sp³-hybridized carbons (Fsp3) is 0.444. The Kier molecular flexibility index (Phi) is 4.58. The molecule has 0 aliphatic carbocycles. The first-order valence-electron chi connectivity index (χ1n) is 8.36. The average molecular weight is 358 g/mol. The van der Waals surface area contributed by atoms with Crippen molar-refractivity contribution in [2.24, 2.45) is 0 Å². The standard InChI is InChI=1S/C18H23BN2O5/c1-17(2)18(3,4)26-19(25-17)14-11-21(16(20-14)24-6)13-9-7-8-12(10-13)15(22)23-5/h7-11H,1-6H3. The van der Waals surface area contributed by atoms with Gasteiger partial charge in [0.2, 0.25) is 0 Å². The van der Waals surface area contributed by atoms with Gasteiger partial charge in [-0.15, -0.1) is 0 Å². The molecule has 0 spiro atoms. The summed E-state index contributed by atoms with van der Waals surface area (Å²) >= 11 is 0. The lowest BCUT2D eigenvalue weighted by molar-refractivity contribution is 0.00578. The van der Waals surface area contributed by atoms with Crippen molar-refractivity contribution >= 4 is 18.7 Å². The minimum Gasteiger partial charge on any atom is -0.468 e. The van der Waals surface area contributed by atoms with Gasteiger partial charge in [0.25, 0.3) is 6.01 Å². The van der Waals surface area contributed by atoms with E-state index >= 15 is 0 Å². The van der Waals surface area contributed by atoms with E-state index in [0.29, 0.717) is 17.2 Å². The highest BCUT2D eigenvalue weighted by molar-refractivity contribution is 6.61. The zero-order valence-corrected chi connectivity index (χ0v) is 15.9. The van der Waals surface area contributed by atoms with E-state index in [1.54, 1.807) is 29.0 Å². The Labute approximate surface area is 153 Å². The number of aromatic nitrogens is 2. The second kappa shape index (κ2) is 6.44. The van der Waals surface area contributed by atoms with Crippen LogP contribution in [0.4, 0.5) is 0 Å². The molecule has 8 heteroatoms. The Balaban J connectivity index is 1.97. The molecule has 0 bridgehead atoms. The molecule has 0 saturated carbocycles. The lowest BCUT2D eigenvalue weighted by Crippen LogP contribution is -2.41. The van der Waals surface area contributed by atoms with Crippen LogP contribution in [0, 0.1) is 0 Å². The third-order valence-corrected chi connectivity index (χ3v) is 4.91. The molecule has 0 N–H and O–H groups in total. The van der Waals surface area contributed by atoms with Crippen LogP contribution in [-0.4, -0.2) is 48.1 Å². The number of imidazole rings is 1. The van der Waals surface area contributed by atoms with Gasteiger partial charge in [-0.05, 0) is 45.9 Å². The molecule has 0 radical (unpaired) electrons. The maximum absolute atomic E-state index is 11.8. The summed E-state index contributed by atoms with van der Waals surface area (Å²) in [6.07, 6.45) is 1.79. The second-order valence-corrected chi connectivity index (χ2v) is 7.15. The Bertz CT molecular complexity index is 815. The third-order valence-electron chi connectivity index (χ3n) is 4.91. The Morgan fingerprint density at radius 2 is 1.81 bits per heavy atom. The summed E-state index contributed by atoms with van der Waals surface area (Å²) in [7, 11) is 2.29. The molecule has 0 amide bonds. The maximum atomic E-state index is 11.8. The van der Waals surface area contributed by atoms with Crippen LogP contribution in [0.5, 0.6) is 6.01 Å². The monoisotopic (exact) mass is 358 g/mol. The van der Waals surface area contributed by atoms with Crippen molar-refractivity contribution in [2.45, 2.75) is 38.9 Å². The van der Waals surface area contributed by atoms with Gasteiger partial charge in [0.15, 0.2) is 0 Å². The van der Waals surface area contributed by atoms with Crippen molar-refractivity contribution in [3.8, 4) is 11.7 Å². The molecule has 1 aliphatic rings. The van der Waals surface area contributed by atoms with Gasteiger partial charge in [0.1, 0.15) is 0 Å². The van der Waals surface area contributed by atoms with Crippen LogP contribution in [0.15, 0.2) is 30.5 Å². The fourth-order valence-electron chi connectivity index (χ4n) is 2.69. The van der Waals surface area contributed by atoms with E-state index < -0.39 is 24.3 Å². The van der Waals surface area contributed by atoms with Gasteiger partial charge in [-0.2, -0.15) is 0 Å². The fourth-order valence-corrected chi connectivity index (χ4v) is 2.69. The highest BCUT2D eigenvalue weighted by Crippen LogP contribution is 2.36. The summed E-state index contributed by atoms with van der Waals surface area (Å²) in [5, 5.41) is 0. The molecule has 1 aromatic heterocycles. The van der Waals surface area contributed by atoms with Gasteiger partial charge in [-0.1, -0.05) is 6.07 Å². The van der Waals surface area contributed by atoms with Crippen molar-refractivity contribution in [3.05, 3.63) is 36.0 Å². The molecule has 26 heavy (non-hydrogen) atoms. The molecule has 0 unspecified atom stereocenters. The minimum atomic E-state index is -0.598. The number of carbonyl (C=O) groups excluding carboxylic acids is 1. The molecular weight excluding hydrogens is 335 g/mol. The predicted octanol–water partition coefficient (Wildman–Crippen LogP) is 1.97. The number of carbonyl (C=O) groups is 1. The quantitative estimate of drug-likeness (QED) is 0.615. The first kappa shape index (κ1) is 18.5. The number of nitrogens with zero attached hydrogens (tertiary/aromatic N) is 2. The Morgan fingerprint density at radius 3 is 2.38 bits per heavy atom. The molecule has 1 aliphatic heterocycles. The van der Waals surface area contributed by atoms with Gasteiger partial charge in [-0.25, -0.2) is 9.78 Å². The van der Waals surface area contributed by atoms with Crippen LogP contribution < -0.4 is 10.3 Å². The van der Waals surface area contributed by atoms with E-state index in [2.05, 4.69) is 4.98 Å². The first-order chi connectivity index (χ1) is 12.2. The molecule has 138 valence electrons. The number of benzene rings is 1. The van der Waals surface area contributed by atoms with Crippen LogP contribution in [0.3, 0.4) is 0 Å². The normalized spacial score (nSPS) is 18.0. The van der Waals surface area contributed by atoms with Crippen molar-refractivity contribution in [2.75, 3.05) is 14.2 Å². The topological polar surface area (TPSA) is 71.8 Å². The van der Waals surface area contributed by atoms with Crippen molar-refractivity contribution in [1.29, 1.82) is 0 Å². The number of esters is 1. The Morgan fingerprint density at radius 1 is 1.15 bits per heavy atom. The Hall–Kier alpha value is -2.32. The minimum absolute atomic E-state index is 0.372. The number of methoxy groups -OCH3 is 2. The molecule has 2 aromatic rings. The van der Waals surface area contributed by atoms with Crippen LogP contribution in [0.2, 0.25) is 0 Å². The first-order valence-corrected chi connectivity index (χ1v) is 8.36. The number of rotatable bonds is 4. The lowest BCUT2D eigenvalue weighted by atomic mass is 9.86. The van der Waals surface area contributed by atoms with E-state index in [0.717, 1.165) is 5.69 Å². The van der Waals surface area contributed by atoms with Gasteiger partial charge >= 0.3 is 13.1 Å².